The van der Waals surface area contributed by atoms with Gasteiger partial charge in [0, 0.05) is 23.0 Å². The van der Waals surface area contributed by atoms with Crippen LogP contribution in [0.15, 0.2) is 36.5 Å². The minimum absolute atomic E-state index is 0.0144. The van der Waals surface area contributed by atoms with Crippen LogP contribution in [0.1, 0.15) is 16.1 Å². The van der Waals surface area contributed by atoms with E-state index in [1.807, 2.05) is 0 Å². The number of hydrogen-bond donors (Lipinski definition) is 1. The lowest BCUT2D eigenvalue weighted by Crippen LogP contribution is -2.01. The number of carboxylic acids is 1. The van der Waals surface area contributed by atoms with E-state index < -0.39 is 5.97 Å². The summed E-state index contributed by atoms with van der Waals surface area (Å²) in [7, 11) is 0. The summed E-state index contributed by atoms with van der Waals surface area (Å²) in [4.78, 5) is 15.0. The van der Waals surface area contributed by atoms with Crippen molar-refractivity contribution >= 4 is 17.6 Å². The van der Waals surface area contributed by atoms with Gasteiger partial charge in [-0.25, -0.2) is 4.79 Å². The fourth-order valence-corrected chi connectivity index (χ4v) is 1.62. The molecule has 1 heterocycles. The molecule has 1 aromatic heterocycles. The number of rotatable bonds is 3. The van der Waals surface area contributed by atoms with E-state index in [0.717, 1.165) is 0 Å². The van der Waals surface area contributed by atoms with Crippen molar-refractivity contribution in [2.45, 2.75) is 6.92 Å². The van der Waals surface area contributed by atoms with Gasteiger partial charge >= 0.3 is 5.97 Å². The Kier molecular flexibility index (Phi) is 3.48. The van der Waals surface area contributed by atoms with E-state index in [0.29, 0.717) is 16.5 Å². The molecule has 0 bridgehead atoms. The minimum atomic E-state index is -1.08. The Morgan fingerprint density at radius 1 is 1.39 bits per heavy atom. The average molecular weight is 264 g/mol. The predicted octanol–water partition coefficient (Wildman–Crippen LogP) is 3.53. The minimum Gasteiger partial charge on any atom is -0.477 e. The summed E-state index contributed by atoms with van der Waals surface area (Å²) in [5.74, 6) is -0.354. The van der Waals surface area contributed by atoms with Gasteiger partial charge in [0.25, 0.3) is 0 Å². The predicted molar refractivity (Wildman–Crippen MR) is 67.5 cm³/mol. The molecule has 0 aliphatic heterocycles. The van der Waals surface area contributed by atoms with Gasteiger partial charge in [0.15, 0.2) is 0 Å². The van der Waals surface area contributed by atoms with E-state index in [9.17, 15) is 4.79 Å². The first-order chi connectivity index (χ1) is 8.56. The number of halogens is 1. The smallest absolute Gasteiger partial charge is 0.341 e. The van der Waals surface area contributed by atoms with E-state index in [-0.39, 0.29) is 11.3 Å². The second-order valence-electron chi connectivity index (χ2n) is 3.69. The highest BCUT2D eigenvalue weighted by atomic mass is 35.5. The van der Waals surface area contributed by atoms with Crippen LogP contribution in [0.25, 0.3) is 0 Å². The zero-order valence-corrected chi connectivity index (χ0v) is 10.3. The number of carboxylic acid groups (broad SMARTS) is 1. The van der Waals surface area contributed by atoms with Crippen molar-refractivity contribution in [3.63, 3.8) is 0 Å². The van der Waals surface area contributed by atoms with E-state index in [1.54, 1.807) is 37.3 Å². The molecule has 0 amide bonds. The van der Waals surface area contributed by atoms with Crippen molar-refractivity contribution in [2.24, 2.45) is 0 Å². The van der Waals surface area contributed by atoms with E-state index >= 15 is 0 Å². The fourth-order valence-electron chi connectivity index (χ4n) is 1.44. The summed E-state index contributed by atoms with van der Waals surface area (Å²) in [6.07, 6.45) is 1.28. The van der Waals surface area contributed by atoms with E-state index in [4.69, 9.17) is 21.4 Å². The van der Waals surface area contributed by atoms with Gasteiger partial charge in [0.2, 0.25) is 0 Å². The average Bonchev–Trinajstić information content (AvgIpc) is 2.28. The van der Waals surface area contributed by atoms with Crippen LogP contribution in [0.4, 0.5) is 0 Å². The van der Waals surface area contributed by atoms with E-state index in [2.05, 4.69) is 4.98 Å². The molecular weight excluding hydrogens is 254 g/mol. The molecule has 0 saturated heterocycles. The van der Waals surface area contributed by atoms with Crippen LogP contribution in [0.5, 0.6) is 11.5 Å². The molecule has 18 heavy (non-hydrogen) atoms. The summed E-state index contributed by atoms with van der Waals surface area (Å²) in [6.45, 7) is 1.76. The van der Waals surface area contributed by atoms with Gasteiger partial charge in [-0.05, 0) is 25.1 Å². The Morgan fingerprint density at radius 3 is 2.83 bits per heavy atom. The van der Waals surface area contributed by atoms with Crippen LogP contribution < -0.4 is 4.74 Å². The maximum atomic E-state index is 11.0. The number of aryl methyl sites for hydroxylation is 1. The molecule has 0 atom stereocenters. The normalized spacial score (nSPS) is 10.1. The zero-order chi connectivity index (χ0) is 13.1. The monoisotopic (exact) mass is 263 g/mol. The van der Waals surface area contributed by atoms with Gasteiger partial charge in [-0.2, -0.15) is 0 Å². The quantitative estimate of drug-likeness (QED) is 0.920. The third-order valence-electron chi connectivity index (χ3n) is 2.26. The van der Waals surface area contributed by atoms with Crippen molar-refractivity contribution in [3.8, 4) is 11.5 Å². The molecule has 2 rings (SSSR count). The molecule has 4 nitrogen and oxygen atoms in total. The Bertz CT molecular complexity index is 599. The van der Waals surface area contributed by atoms with Gasteiger partial charge < -0.3 is 9.84 Å². The van der Waals surface area contributed by atoms with Crippen LogP contribution in [-0.2, 0) is 0 Å². The molecule has 1 N–H and O–H groups in total. The molecule has 0 saturated carbocycles. The highest BCUT2D eigenvalue weighted by Gasteiger charge is 2.13. The highest BCUT2D eigenvalue weighted by Crippen LogP contribution is 2.27. The summed E-state index contributed by atoms with van der Waals surface area (Å²) in [6, 6.07) is 8.33. The number of aromatic nitrogens is 1. The van der Waals surface area contributed by atoms with Crippen LogP contribution in [0.2, 0.25) is 5.02 Å². The molecule has 2 aromatic rings. The topological polar surface area (TPSA) is 59.4 Å². The van der Waals surface area contributed by atoms with Gasteiger partial charge in [-0.1, -0.05) is 17.7 Å². The Hall–Kier alpha value is -2.07. The van der Waals surface area contributed by atoms with Gasteiger partial charge in [0.1, 0.15) is 17.1 Å². The highest BCUT2D eigenvalue weighted by molar-refractivity contribution is 6.30. The summed E-state index contributed by atoms with van der Waals surface area (Å²) >= 11 is 5.84. The number of aromatic carboxylic acids is 1. The van der Waals surface area contributed by atoms with Crippen molar-refractivity contribution < 1.29 is 14.6 Å². The first-order valence-corrected chi connectivity index (χ1v) is 5.57. The molecular formula is C13H10ClNO3. The van der Waals surface area contributed by atoms with Crippen LogP contribution >= 0.6 is 11.6 Å². The van der Waals surface area contributed by atoms with E-state index in [1.165, 1.54) is 6.20 Å². The third kappa shape index (κ3) is 2.78. The van der Waals surface area contributed by atoms with Crippen molar-refractivity contribution in [2.75, 3.05) is 0 Å². The number of pyridine rings is 1. The molecule has 0 radical (unpaired) electrons. The van der Waals surface area contributed by atoms with Crippen molar-refractivity contribution in [1.82, 2.24) is 4.98 Å². The fraction of sp³-hybridized carbons (Fsp3) is 0.0769. The second-order valence-corrected chi connectivity index (χ2v) is 4.12. The summed E-state index contributed by atoms with van der Waals surface area (Å²) in [5, 5.41) is 9.57. The number of benzene rings is 1. The zero-order valence-electron chi connectivity index (χ0n) is 9.55. The molecule has 1 aromatic carbocycles. The summed E-state index contributed by atoms with van der Waals surface area (Å²) in [5.41, 5.74) is 0.692. The Balaban J connectivity index is 2.39. The molecule has 92 valence electrons. The number of ether oxygens (including phenoxy) is 1. The number of hydrogen-bond acceptors (Lipinski definition) is 3. The lowest BCUT2D eigenvalue weighted by Gasteiger charge is -2.09. The first kappa shape index (κ1) is 12.4. The van der Waals surface area contributed by atoms with Crippen molar-refractivity contribution in [1.29, 1.82) is 0 Å². The molecule has 0 spiro atoms. The SMILES string of the molecule is Cc1cc(Oc2cccc(Cl)c2)c(C(=O)O)cn1. The van der Waals surface area contributed by atoms with Crippen molar-refractivity contribution in [3.05, 3.63) is 52.8 Å². The van der Waals surface area contributed by atoms with Crippen LogP contribution in [-0.4, -0.2) is 16.1 Å². The Labute approximate surface area is 109 Å². The lowest BCUT2D eigenvalue weighted by atomic mass is 10.2. The number of carbonyl (C=O) groups is 1. The first-order valence-electron chi connectivity index (χ1n) is 5.19. The molecule has 5 heteroatoms. The number of nitrogens with zero attached hydrogens (tertiary/aromatic N) is 1. The third-order valence-corrected chi connectivity index (χ3v) is 2.49. The maximum absolute atomic E-state index is 11.0. The molecule has 0 unspecified atom stereocenters. The van der Waals surface area contributed by atoms with Gasteiger partial charge in [-0.3, -0.25) is 4.98 Å². The van der Waals surface area contributed by atoms with Crippen LogP contribution in [0.3, 0.4) is 0 Å². The summed E-state index contributed by atoms with van der Waals surface area (Å²) < 4.78 is 5.53. The molecule has 0 fully saturated rings. The lowest BCUT2D eigenvalue weighted by molar-refractivity contribution is 0.0693. The maximum Gasteiger partial charge on any atom is 0.341 e. The molecule has 0 aliphatic rings. The second kappa shape index (κ2) is 5.06. The standard InChI is InChI=1S/C13H10ClNO3/c1-8-5-12(11(7-15-8)13(16)17)18-10-4-2-3-9(14)6-10/h2-7H,1H3,(H,16,17). The van der Waals surface area contributed by atoms with Crippen LogP contribution in [0, 0.1) is 6.92 Å². The van der Waals surface area contributed by atoms with Gasteiger partial charge in [-0.15, -0.1) is 0 Å². The largest absolute Gasteiger partial charge is 0.477 e. The van der Waals surface area contributed by atoms with Gasteiger partial charge in [0.05, 0.1) is 0 Å². The Morgan fingerprint density at radius 2 is 2.17 bits per heavy atom. The molecule has 0 aliphatic carbocycles.